The Kier molecular flexibility index (Phi) is 17.1. The number of aldehydes is 1. The lowest BCUT2D eigenvalue weighted by atomic mass is 10.2. The molecule has 4 nitrogen and oxygen atoms in total. The lowest BCUT2D eigenvalue weighted by molar-refractivity contribution is -0.105. The Morgan fingerprint density at radius 3 is 2.22 bits per heavy atom. The van der Waals surface area contributed by atoms with E-state index in [2.05, 4.69) is 6.92 Å². The minimum Gasteiger partial charge on any atom is -0.497 e. The molecular formula is C19H34O4. The normalized spacial score (nSPS) is 13.2. The van der Waals surface area contributed by atoms with Gasteiger partial charge in [0, 0.05) is 12.5 Å². The Morgan fingerprint density at radius 1 is 1.09 bits per heavy atom. The van der Waals surface area contributed by atoms with Gasteiger partial charge in [-0.2, -0.15) is 0 Å². The maximum Gasteiger partial charge on any atom is 0.157 e. The Hall–Kier alpha value is -1.71. The average molecular weight is 326 g/mol. The third kappa shape index (κ3) is 9.11. The van der Waals surface area contributed by atoms with E-state index in [1.807, 2.05) is 33.8 Å². The van der Waals surface area contributed by atoms with Crippen LogP contribution in [0, 0.1) is 0 Å². The minimum absolute atomic E-state index is 0.414. The summed E-state index contributed by atoms with van der Waals surface area (Å²) < 4.78 is 16.2. The number of unbranched alkanes of at least 4 members (excludes halogenated alkanes) is 2. The summed E-state index contributed by atoms with van der Waals surface area (Å²) in [7, 11) is 3.07. The molecule has 0 bridgehead atoms. The minimum atomic E-state index is 0.414. The lowest BCUT2D eigenvalue weighted by Gasteiger charge is -2.09. The number of allylic oxidation sites excluding steroid dienone is 3. The first kappa shape index (κ1) is 23.6. The summed E-state index contributed by atoms with van der Waals surface area (Å²) in [4.78, 5) is 11.1. The molecule has 0 saturated heterocycles. The number of hydrogen-bond acceptors (Lipinski definition) is 4. The summed E-state index contributed by atoms with van der Waals surface area (Å²) in [5.74, 6) is 1.79. The molecule has 0 spiro atoms. The van der Waals surface area contributed by atoms with E-state index in [9.17, 15) is 4.79 Å². The number of ether oxygens (including phenoxy) is 3. The van der Waals surface area contributed by atoms with Gasteiger partial charge in [0.05, 0.1) is 26.4 Å². The Morgan fingerprint density at radius 2 is 1.74 bits per heavy atom. The van der Waals surface area contributed by atoms with Crippen LogP contribution in [0.5, 0.6) is 0 Å². The fourth-order valence-electron chi connectivity index (χ4n) is 1.84. The second-order valence-corrected chi connectivity index (χ2v) is 4.24. The molecule has 0 aromatic rings. The molecule has 23 heavy (non-hydrogen) atoms. The lowest BCUT2D eigenvalue weighted by Crippen LogP contribution is -1.99. The van der Waals surface area contributed by atoms with E-state index in [0.29, 0.717) is 30.1 Å². The van der Waals surface area contributed by atoms with Crippen LogP contribution < -0.4 is 0 Å². The van der Waals surface area contributed by atoms with Gasteiger partial charge in [0.2, 0.25) is 0 Å². The zero-order valence-corrected chi connectivity index (χ0v) is 15.9. The van der Waals surface area contributed by atoms with Crippen molar-refractivity contribution in [1.82, 2.24) is 0 Å². The van der Waals surface area contributed by atoms with Crippen LogP contribution in [0.3, 0.4) is 0 Å². The van der Waals surface area contributed by atoms with E-state index in [1.165, 1.54) is 14.2 Å². The van der Waals surface area contributed by atoms with Crippen molar-refractivity contribution in [3.8, 4) is 0 Å². The van der Waals surface area contributed by atoms with Gasteiger partial charge in [-0.25, -0.2) is 0 Å². The molecule has 1 aliphatic carbocycles. The van der Waals surface area contributed by atoms with Gasteiger partial charge in [-0.05, 0) is 12.5 Å². The Labute approximate surface area is 142 Å². The summed E-state index contributed by atoms with van der Waals surface area (Å²) >= 11 is 0. The fraction of sp³-hybridized carbons (Fsp3) is 0.632. The van der Waals surface area contributed by atoms with Crippen LogP contribution in [0.2, 0.25) is 0 Å². The van der Waals surface area contributed by atoms with Gasteiger partial charge in [0.25, 0.3) is 0 Å². The van der Waals surface area contributed by atoms with E-state index in [1.54, 1.807) is 6.08 Å². The van der Waals surface area contributed by atoms with E-state index < -0.39 is 0 Å². The van der Waals surface area contributed by atoms with Crippen molar-refractivity contribution in [2.45, 2.75) is 60.3 Å². The van der Waals surface area contributed by atoms with Crippen molar-refractivity contribution in [2.24, 2.45) is 0 Å². The molecule has 0 heterocycles. The molecule has 0 atom stereocenters. The third-order valence-corrected chi connectivity index (χ3v) is 2.90. The molecule has 0 unspecified atom stereocenters. The summed E-state index contributed by atoms with van der Waals surface area (Å²) in [6.45, 7) is 10.8. The molecule has 0 amide bonds. The standard InChI is InChI=1S/C15H22O4.2C2H6/c1-4-5-6-9-19-12-7-8-14(17-2)13(11-16)15(10-12)18-3;2*1-2/h8,10-11H,4-7,9H2,1-3H3;2*1-2H3. The largest absolute Gasteiger partial charge is 0.497 e. The number of methoxy groups -OCH3 is 2. The predicted octanol–water partition coefficient (Wildman–Crippen LogP) is 5.16. The number of carbonyl (C=O) groups is 1. The quantitative estimate of drug-likeness (QED) is 0.456. The average Bonchev–Trinajstić information content (AvgIpc) is 2.80. The molecule has 0 saturated carbocycles. The van der Waals surface area contributed by atoms with Crippen LogP contribution in [-0.4, -0.2) is 27.1 Å². The monoisotopic (exact) mass is 326 g/mol. The highest BCUT2D eigenvalue weighted by Gasteiger charge is 2.16. The highest BCUT2D eigenvalue weighted by molar-refractivity contribution is 5.81. The first-order valence-electron chi connectivity index (χ1n) is 8.58. The zero-order valence-electron chi connectivity index (χ0n) is 15.9. The van der Waals surface area contributed by atoms with Crippen LogP contribution in [0.15, 0.2) is 35.0 Å². The molecular weight excluding hydrogens is 292 g/mol. The molecule has 0 fully saturated rings. The first-order valence-corrected chi connectivity index (χ1v) is 8.58. The van der Waals surface area contributed by atoms with Crippen LogP contribution in [0.25, 0.3) is 0 Å². The van der Waals surface area contributed by atoms with Gasteiger partial charge >= 0.3 is 0 Å². The highest BCUT2D eigenvalue weighted by atomic mass is 16.5. The highest BCUT2D eigenvalue weighted by Crippen LogP contribution is 2.24. The van der Waals surface area contributed by atoms with Gasteiger partial charge in [0.1, 0.15) is 17.3 Å². The molecule has 0 N–H and O–H groups in total. The molecule has 0 aliphatic heterocycles. The molecule has 1 aliphatic rings. The van der Waals surface area contributed by atoms with Crippen LogP contribution in [-0.2, 0) is 19.0 Å². The van der Waals surface area contributed by atoms with Crippen LogP contribution >= 0.6 is 0 Å². The summed E-state index contributed by atoms with van der Waals surface area (Å²) in [6, 6.07) is 0. The zero-order chi connectivity index (χ0) is 18.1. The maximum absolute atomic E-state index is 11.1. The number of hydrogen-bond donors (Lipinski definition) is 0. The summed E-state index contributed by atoms with van der Waals surface area (Å²) in [6.07, 6.45) is 8.28. The molecule has 1 rings (SSSR count). The Balaban J connectivity index is 0. The first-order chi connectivity index (χ1) is 11.3. The van der Waals surface area contributed by atoms with Gasteiger partial charge in [-0.3, -0.25) is 4.79 Å². The van der Waals surface area contributed by atoms with Crippen molar-refractivity contribution >= 4 is 6.29 Å². The fourth-order valence-corrected chi connectivity index (χ4v) is 1.84. The summed E-state index contributed by atoms with van der Waals surface area (Å²) in [5.41, 5.74) is 0.414. The number of rotatable bonds is 8. The Bertz CT molecular complexity index is 392. The predicted molar refractivity (Wildman–Crippen MR) is 96.1 cm³/mol. The van der Waals surface area contributed by atoms with Crippen molar-refractivity contribution < 1.29 is 19.0 Å². The smallest absolute Gasteiger partial charge is 0.157 e. The topological polar surface area (TPSA) is 44.8 Å². The maximum atomic E-state index is 11.1. The molecule has 134 valence electrons. The number of carbonyl (C=O) groups excluding carboxylic acids is 1. The van der Waals surface area contributed by atoms with E-state index in [-0.39, 0.29) is 0 Å². The van der Waals surface area contributed by atoms with Gasteiger partial charge < -0.3 is 14.2 Å². The van der Waals surface area contributed by atoms with E-state index in [0.717, 1.165) is 31.3 Å². The van der Waals surface area contributed by atoms with Crippen LogP contribution in [0.4, 0.5) is 0 Å². The van der Waals surface area contributed by atoms with Crippen LogP contribution in [0.1, 0.15) is 60.3 Å². The van der Waals surface area contributed by atoms with Crippen molar-refractivity contribution in [1.29, 1.82) is 0 Å². The SMILES string of the molecule is CC.CC.CCCCCOC1=CC(OC)=C(C=O)C(OC)=CC1. The van der Waals surface area contributed by atoms with Crippen molar-refractivity contribution in [3.63, 3.8) is 0 Å². The molecule has 0 radical (unpaired) electrons. The van der Waals surface area contributed by atoms with Gasteiger partial charge in [-0.15, -0.1) is 0 Å². The second-order valence-electron chi connectivity index (χ2n) is 4.24. The molecule has 0 aromatic heterocycles. The molecule has 4 heteroatoms. The summed E-state index contributed by atoms with van der Waals surface area (Å²) in [5, 5.41) is 0. The van der Waals surface area contributed by atoms with Gasteiger partial charge in [0.15, 0.2) is 6.29 Å². The third-order valence-electron chi connectivity index (χ3n) is 2.90. The van der Waals surface area contributed by atoms with Crippen molar-refractivity contribution in [2.75, 3.05) is 20.8 Å². The van der Waals surface area contributed by atoms with Gasteiger partial charge in [-0.1, -0.05) is 47.5 Å². The van der Waals surface area contributed by atoms with Crippen molar-refractivity contribution in [3.05, 3.63) is 35.0 Å². The molecule has 0 aromatic carbocycles. The second kappa shape index (κ2) is 16.7. The van der Waals surface area contributed by atoms with E-state index in [4.69, 9.17) is 14.2 Å². The van der Waals surface area contributed by atoms with E-state index >= 15 is 0 Å².